The standard InChI is InChI=1S/C16H19NO2/c1-14-7-6-8-15(13-14)19-12-5-4-11-17-10-3-2-9-16(17)18/h2-3,6-10,13H,4-5,11-12H2,1H3. The summed E-state index contributed by atoms with van der Waals surface area (Å²) in [6.45, 7) is 3.48. The first-order valence-corrected chi connectivity index (χ1v) is 6.60. The highest BCUT2D eigenvalue weighted by Gasteiger charge is 1.96. The molecule has 19 heavy (non-hydrogen) atoms. The first-order chi connectivity index (χ1) is 9.25. The molecule has 2 aromatic rings. The van der Waals surface area contributed by atoms with Gasteiger partial charge < -0.3 is 9.30 Å². The smallest absolute Gasteiger partial charge is 0.250 e. The molecule has 0 spiro atoms. The van der Waals surface area contributed by atoms with Gasteiger partial charge in [-0.15, -0.1) is 0 Å². The van der Waals surface area contributed by atoms with Gasteiger partial charge in [0.15, 0.2) is 0 Å². The number of benzene rings is 1. The van der Waals surface area contributed by atoms with Gasteiger partial charge >= 0.3 is 0 Å². The highest BCUT2D eigenvalue weighted by Crippen LogP contribution is 2.12. The number of pyridine rings is 1. The van der Waals surface area contributed by atoms with Crippen molar-refractivity contribution in [3.8, 4) is 5.75 Å². The maximum Gasteiger partial charge on any atom is 0.250 e. The fourth-order valence-electron chi connectivity index (χ4n) is 1.92. The van der Waals surface area contributed by atoms with E-state index in [0.717, 1.165) is 25.1 Å². The maximum absolute atomic E-state index is 11.5. The van der Waals surface area contributed by atoms with Crippen LogP contribution in [0.3, 0.4) is 0 Å². The van der Waals surface area contributed by atoms with E-state index >= 15 is 0 Å². The minimum absolute atomic E-state index is 0.0575. The third-order valence-electron chi connectivity index (χ3n) is 2.95. The third kappa shape index (κ3) is 4.28. The predicted molar refractivity (Wildman–Crippen MR) is 76.6 cm³/mol. The molecule has 2 rings (SSSR count). The molecular weight excluding hydrogens is 238 g/mol. The Hall–Kier alpha value is -2.03. The van der Waals surface area contributed by atoms with Crippen molar-refractivity contribution in [1.29, 1.82) is 0 Å². The maximum atomic E-state index is 11.5. The summed E-state index contributed by atoms with van der Waals surface area (Å²) in [4.78, 5) is 11.5. The second kappa shape index (κ2) is 6.78. The number of hydrogen-bond acceptors (Lipinski definition) is 2. The molecule has 0 aliphatic heterocycles. The Morgan fingerprint density at radius 1 is 1.11 bits per heavy atom. The summed E-state index contributed by atoms with van der Waals surface area (Å²) >= 11 is 0. The van der Waals surface area contributed by atoms with Gasteiger partial charge in [-0.3, -0.25) is 4.79 Å². The Balaban J connectivity index is 1.70. The van der Waals surface area contributed by atoms with Crippen LogP contribution in [-0.4, -0.2) is 11.2 Å². The lowest BCUT2D eigenvalue weighted by Gasteiger charge is -2.07. The molecule has 0 fully saturated rings. The number of unbranched alkanes of at least 4 members (excludes halogenated alkanes) is 1. The van der Waals surface area contributed by atoms with E-state index in [1.807, 2.05) is 30.5 Å². The molecule has 0 saturated heterocycles. The van der Waals surface area contributed by atoms with Crippen LogP contribution in [0.5, 0.6) is 5.75 Å². The first-order valence-electron chi connectivity index (χ1n) is 6.60. The van der Waals surface area contributed by atoms with Crippen molar-refractivity contribution in [3.63, 3.8) is 0 Å². The van der Waals surface area contributed by atoms with Gasteiger partial charge in [0.05, 0.1) is 6.61 Å². The van der Waals surface area contributed by atoms with E-state index in [2.05, 4.69) is 13.0 Å². The second-order valence-corrected chi connectivity index (χ2v) is 4.60. The highest BCUT2D eigenvalue weighted by molar-refractivity contribution is 5.27. The quantitative estimate of drug-likeness (QED) is 0.745. The number of aryl methyl sites for hydroxylation is 2. The summed E-state index contributed by atoms with van der Waals surface area (Å²) in [5.41, 5.74) is 1.26. The van der Waals surface area contributed by atoms with E-state index in [0.29, 0.717) is 6.61 Å². The molecule has 1 aromatic carbocycles. The summed E-state index contributed by atoms with van der Waals surface area (Å²) in [7, 11) is 0. The van der Waals surface area contributed by atoms with Gasteiger partial charge in [-0.05, 0) is 43.5 Å². The molecule has 0 unspecified atom stereocenters. The minimum Gasteiger partial charge on any atom is -0.494 e. The molecule has 0 aliphatic carbocycles. The molecule has 3 heteroatoms. The molecule has 1 heterocycles. The Labute approximate surface area is 113 Å². The summed E-state index contributed by atoms with van der Waals surface area (Å²) in [6, 6.07) is 13.3. The van der Waals surface area contributed by atoms with Crippen LogP contribution in [0.4, 0.5) is 0 Å². The lowest BCUT2D eigenvalue weighted by Crippen LogP contribution is -2.17. The van der Waals surface area contributed by atoms with E-state index < -0.39 is 0 Å². The van der Waals surface area contributed by atoms with Crippen LogP contribution in [0.25, 0.3) is 0 Å². The van der Waals surface area contributed by atoms with Crippen LogP contribution in [0.1, 0.15) is 18.4 Å². The van der Waals surface area contributed by atoms with Crippen LogP contribution in [0.2, 0.25) is 0 Å². The van der Waals surface area contributed by atoms with E-state index in [-0.39, 0.29) is 5.56 Å². The zero-order valence-electron chi connectivity index (χ0n) is 11.2. The van der Waals surface area contributed by atoms with Gasteiger partial charge in [0.25, 0.3) is 0 Å². The van der Waals surface area contributed by atoms with Crippen molar-refractivity contribution in [2.45, 2.75) is 26.3 Å². The summed E-state index contributed by atoms with van der Waals surface area (Å²) in [5, 5.41) is 0. The third-order valence-corrected chi connectivity index (χ3v) is 2.95. The minimum atomic E-state index is 0.0575. The lowest BCUT2D eigenvalue weighted by molar-refractivity contribution is 0.302. The van der Waals surface area contributed by atoms with Crippen LogP contribution in [0, 0.1) is 6.92 Å². The number of ether oxygens (including phenoxy) is 1. The van der Waals surface area contributed by atoms with Gasteiger partial charge in [-0.1, -0.05) is 18.2 Å². The summed E-state index contributed by atoms with van der Waals surface area (Å²) in [5.74, 6) is 0.914. The van der Waals surface area contributed by atoms with Crippen molar-refractivity contribution >= 4 is 0 Å². The molecule has 3 nitrogen and oxygen atoms in total. The number of nitrogens with zero attached hydrogens (tertiary/aromatic N) is 1. The summed E-state index contributed by atoms with van der Waals surface area (Å²) in [6.07, 6.45) is 3.70. The van der Waals surface area contributed by atoms with Gasteiger partial charge in [0, 0.05) is 18.8 Å². The molecule has 1 aromatic heterocycles. The fraction of sp³-hybridized carbons (Fsp3) is 0.312. The Bertz CT molecular complexity index is 575. The molecule has 0 amide bonds. The van der Waals surface area contributed by atoms with E-state index in [4.69, 9.17) is 4.74 Å². The summed E-state index contributed by atoms with van der Waals surface area (Å²) < 4.78 is 7.40. The number of hydrogen-bond donors (Lipinski definition) is 0. The predicted octanol–water partition coefficient (Wildman–Crippen LogP) is 3.02. The van der Waals surface area contributed by atoms with Crippen LogP contribution < -0.4 is 10.3 Å². The van der Waals surface area contributed by atoms with Crippen molar-refractivity contribution in [2.24, 2.45) is 0 Å². The monoisotopic (exact) mass is 257 g/mol. The molecular formula is C16H19NO2. The van der Waals surface area contributed by atoms with Crippen molar-refractivity contribution in [1.82, 2.24) is 4.57 Å². The highest BCUT2D eigenvalue weighted by atomic mass is 16.5. The zero-order valence-corrected chi connectivity index (χ0v) is 11.2. The van der Waals surface area contributed by atoms with Crippen molar-refractivity contribution < 1.29 is 4.74 Å². The molecule has 0 atom stereocenters. The van der Waals surface area contributed by atoms with E-state index in [9.17, 15) is 4.79 Å². The van der Waals surface area contributed by atoms with Gasteiger partial charge in [-0.25, -0.2) is 0 Å². The molecule has 0 aliphatic rings. The fourth-order valence-corrected chi connectivity index (χ4v) is 1.92. The first kappa shape index (κ1) is 13.4. The Morgan fingerprint density at radius 3 is 2.79 bits per heavy atom. The van der Waals surface area contributed by atoms with Gasteiger partial charge in [-0.2, -0.15) is 0 Å². The number of aromatic nitrogens is 1. The SMILES string of the molecule is Cc1cccc(OCCCCn2ccccc2=O)c1. The largest absolute Gasteiger partial charge is 0.494 e. The lowest BCUT2D eigenvalue weighted by atomic mass is 10.2. The molecule has 0 radical (unpaired) electrons. The molecule has 0 saturated carbocycles. The Kier molecular flexibility index (Phi) is 4.78. The Morgan fingerprint density at radius 2 is 2.00 bits per heavy atom. The average molecular weight is 257 g/mol. The molecule has 100 valence electrons. The van der Waals surface area contributed by atoms with Crippen molar-refractivity contribution in [3.05, 3.63) is 64.6 Å². The van der Waals surface area contributed by atoms with Crippen LogP contribution >= 0.6 is 0 Å². The normalized spacial score (nSPS) is 10.4. The molecule has 0 bridgehead atoms. The zero-order chi connectivity index (χ0) is 13.5. The van der Waals surface area contributed by atoms with E-state index in [1.165, 1.54) is 5.56 Å². The van der Waals surface area contributed by atoms with Crippen LogP contribution in [-0.2, 0) is 6.54 Å². The topological polar surface area (TPSA) is 31.2 Å². The second-order valence-electron chi connectivity index (χ2n) is 4.60. The van der Waals surface area contributed by atoms with Gasteiger partial charge in [0.2, 0.25) is 5.56 Å². The average Bonchev–Trinajstić information content (AvgIpc) is 2.40. The number of rotatable bonds is 6. The molecule has 0 N–H and O–H groups in total. The van der Waals surface area contributed by atoms with E-state index in [1.54, 1.807) is 16.7 Å². The van der Waals surface area contributed by atoms with Crippen molar-refractivity contribution in [2.75, 3.05) is 6.61 Å². The van der Waals surface area contributed by atoms with Gasteiger partial charge in [0.1, 0.15) is 5.75 Å². The van der Waals surface area contributed by atoms with Crippen LogP contribution in [0.15, 0.2) is 53.5 Å².